The van der Waals surface area contributed by atoms with Gasteiger partial charge in [0.25, 0.3) is 5.91 Å². The predicted octanol–water partition coefficient (Wildman–Crippen LogP) is 5.53. The van der Waals surface area contributed by atoms with E-state index >= 15 is 0 Å². The van der Waals surface area contributed by atoms with Gasteiger partial charge in [-0.1, -0.05) is 30.3 Å². The Labute approximate surface area is 215 Å². The smallest absolute Gasteiger partial charge is 0.254 e. The van der Waals surface area contributed by atoms with Crippen molar-refractivity contribution in [2.45, 2.75) is 66.2 Å². The second-order valence-corrected chi connectivity index (χ2v) is 10.5. The second-order valence-electron chi connectivity index (χ2n) is 10.5. The van der Waals surface area contributed by atoms with Crippen LogP contribution in [0.3, 0.4) is 0 Å². The molecule has 192 valence electrons. The first-order chi connectivity index (χ1) is 17.0. The molecule has 36 heavy (non-hydrogen) atoms. The molecule has 3 rings (SSSR count). The Bertz CT molecular complexity index is 1190. The Kier molecular flexibility index (Phi) is 8.62. The minimum Gasteiger partial charge on any atom is -0.497 e. The third-order valence-corrected chi connectivity index (χ3v) is 6.41. The van der Waals surface area contributed by atoms with Crippen LogP contribution in [0.2, 0.25) is 0 Å². The van der Waals surface area contributed by atoms with Crippen LogP contribution >= 0.6 is 0 Å². The fraction of sp³-hybridized carbons (Fsp3) is 0.400. The molecule has 0 unspecified atom stereocenters. The minimum absolute atomic E-state index is 0.0265. The minimum atomic E-state index is -0.420. The molecular formula is C30H39N3O3. The molecule has 0 N–H and O–H groups in total. The van der Waals surface area contributed by atoms with E-state index in [1.54, 1.807) is 12.0 Å². The SMILES string of the molecule is COc1cccc(Cn2cccc2CN(C(=O)CN(C(=O)c2ccccc2C)C(C)C)C(C)(C)C)c1. The second kappa shape index (κ2) is 11.5. The summed E-state index contributed by atoms with van der Waals surface area (Å²) in [5, 5.41) is 0. The molecule has 0 saturated carbocycles. The van der Waals surface area contributed by atoms with Crippen molar-refractivity contribution in [3.8, 4) is 5.75 Å². The lowest BCUT2D eigenvalue weighted by molar-refractivity contribution is -0.138. The molecule has 0 bridgehead atoms. The Morgan fingerprint density at radius 3 is 2.36 bits per heavy atom. The first kappa shape index (κ1) is 27.1. The van der Waals surface area contributed by atoms with Gasteiger partial charge in [0.2, 0.25) is 5.91 Å². The van der Waals surface area contributed by atoms with Gasteiger partial charge < -0.3 is 19.1 Å². The first-order valence-corrected chi connectivity index (χ1v) is 12.4. The average Bonchev–Trinajstić information content (AvgIpc) is 3.26. The number of nitrogens with zero attached hydrogens (tertiary/aromatic N) is 3. The maximum Gasteiger partial charge on any atom is 0.254 e. The van der Waals surface area contributed by atoms with E-state index in [4.69, 9.17) is 4.74 Å². The zero-order chi connectivity index (χ0) is 26.5. The number of rotatable bonds is 9. The van der Waals surface area contributed by atoms with Gasteiger partial charge in [-0.15, -0.1) is 0 Å². The highest BCUT2D eigenvalue weighted by atomic mass is 16.5. The average molecular weight is 490 g/mol. The van der Waals surface area contributed by atoms with E-state index in [-0.39, 0.29) is 24.4 Å². The quantitative estimate of drug-likeness (QED) is 0.397. The molecule has 0 atom stereocenters. The van der Waals surface area contributed by atoms with Gasteiger partial charge in [0.15, 0.2) is 0 Å². The van der Waals surface area contributed by atoms with Crippen LogP contribution in [0, 0.1) is 6.92 Å². The summed E-state index contributed by atoms with van der Waals surface area (Å²) in [5.41, 5.74) is 3.27. The highest BCUT2D eigenvalue weighted by molar-refractivity contribution is 5.98. The fourth-order valence-corrected chi connectivity index (χ4v) is 4.26. The van der Waals surface area contributed by atoms with Gasteiger partial charge in [-0.05, 0) is 83.0 Å². The van der Waals surface area contributed by atoms with Crippen LogP contribution < -0.4 is 4.74 Å². The van der Waals surface area contributed by atoms with E-state index < -0.39 is 5.54 Å². The highest BCUT2D eigenvalue weighted by Crippen LogP contribution is 2.22. The molecule has 6 nitrogen and oxygen atoms in total. The predicted molar refractivity (Wildman–Crippen MR) is 144 cm³/mol. The van der Waals surface area contributed by atoms with E-state index in [0.717, 1.165) is 22.6 Å². The zero-order valence-corrected chi connectivity index (χ0v) is 22.6. The highest BCUT2D eigenvalue weighted by Gasteiger charge is 2.31. The Balaban J connectivity index is 1.82. The maximum atomic E-state index is 13.7. The van der Waals surface area contributed by atoms with Gasteiger partial charge in [-0.3, -0.25) is 9.59 Å². The number of amides is 2. The molecule has 2 amide bonds. The normalized spacial score (nSPS) is 11.4. The zero-order valence-electron chi connectivity index (χ0n) is 22.6. The Hall–Kier alpha value is -3.54. The van der Waals surface area contributed by atoms with Crippen LogP contribution in [0.1, 0.15) is 61.8 Å². The lowest BCUT2D eigenvalue weighted by Crippen LogP contribution is -2.51. The molecule has 6 heteroatoms. The van der Waals surface area contributed by atoms with Crippen LogP contribution in [0.15, 0.2) is 66.9 Å². The molecular weight excluding hydrogens is 450 g/mol. The van der Waals surface area contributed by atoms with E-state index in [1.165, 1.54) is 0 Å². The molecule has 0 saturated heterocycles. The third kappa shape index (κ3) is 6.56. The third-order valence-electron chi connectivity index (χ3n) is 6.41. The molecule has 1 heterocycles. The van der Waals surface area contributed by atoms with Crippen LogP contribution in [0.25, 0.3) is 0 Å². The molecule has 2 aromatic carbocycles. The van der Waals surface area contributed by atoms with E-state index in [9.17, 15) is 9.59 Å². The standard InChI is InChI=1S/C30H39N3O3/c1-22(2)32(29(35)27-16-9-8-12-23(27)3)21-28(34)33(30(4,5)6)20-25-14-11-17-31(25)19-24-13-10-15-26(18-24)36-7/h8-18,22H,19-21H2,1-7H3. The molecule has 0 aliphatic rings. The molecule has 0 radical (unpaired) electrons. The Morgan fingerprint density at radius 1 is 1.00 bits per heavy atom. The van der Waals surface area contributed by atoms with Crippen molar-refractivity contribution in [2.24, 2.45) is 0 Å². The number of ether oxygens (including phenoxy) is 1. The van der Waals surface area contributed by atoms with Gasteiger partial charge in [-0.2, -0.15) is 0 Å². The number of hydrogen-bond donors (Lipinski definition) is 0. The first-order valence-electron chi connectivity index (χ1n) is 12.4. The van der Waals surface area contributed by atoms with Crippen LogP contribution in [-0.4, -0.2) is 51.4 Å². The summed E-state index contributed by atoms with van der Waals surface area (Å²) in [5.74, 6) is 0.624. The number of carbonyl (C=O) groups excluding carboxylic acids is 2. The molecule has 0 fully saturated rings. The van der Waals surface area contributed by atoms with Crippen molar-refractivity contribution in [1.82, 2.24) is 14.4 Å². The lowest BCUT2D eigenvalue weighted by atomic mass is 10.0. The largest absolute Gasteiger partial charge is 0.497 e. The van der Waals surface area contributed by atoms with Crippen molar-refractivity contribution in [3.63, 3.8) is 0 Å². The molecule has 0 aliphatic carbocycles. The number of aryl methyl sites for hydroxylation is 1. The van der Waals surface area contributed by atoms with Crippen molar-refractivity contribution in [2.75, 3.05) is 13.7 Å². The summed E-state index contributed by atoms with van der Waals surface area (Å²) in [7, 11) is 1.66. The van der Waals surface area contributed by atoms with Crippen LogP contribution in [0.5, 0.6) is 5.75 Å². The van der Waals surface area contributed by atoms with Gasteiger partial charge in [0.1, 0.15) is 12.3 Å². The lowest BCUT2D eigenvalue weighted by Gasteiger charge is -2.38. The van der Waals surface area contributed by atoms with Gasteiger partial charge in [-0.25, -0.2) is 0 Å². The van der Waals surface area contributed by atoms with Crippen LogP contribution in [0.4, 0.5) is 0 Å². The fourth-order valence-electron chi connectivity index (χ4n) is 4.26. The number of carbonyl (C=O) groups is 2. The van der Waals surface area contributed by atoms with Gasteiger partial charge >= 0.3 is 0 Å². The van der Waals surface area contributed by atoms with Crippen molar-refractivity contribution in [3.05, 3.63) is 89.2 Å². The molecule has 1 aromatic heterocycles. The van der Waals surface area contributed by atoms with E-state index in [0.29, 0.717) is 18.7 Å². The summed E-state index contributed by atoms with van der Waals surface area (Å²) in [6, 6.07) is 19.5. The van der Waals surface area contributed by atoms with Gasteiger partial charge in [0, 0.05) is 35.6 Å². The number of aromatic nitrogens is 1. The number of benzene rings is 2. The number of methoxy groups -OCH3 is 1. The summed E-state index contributed by atoms with van der Waals surface area (Å²) >= 11 is 0. The molecule has 0 aliphatic heterocycles. The maximum absolute atomic E-state index is 13.7. The Morgan fingerprint density at radius 2 is 1.72 bits per heavy atom. The monoisotopic (exact) mass is 489 g/mol. The molecule has 3 aromatic rings. The van der Waals surface area contributed by atoms with E-state index in [2.05, 4.69) is 10.6 Å². The van der Waals surface area contributed by atoms with Gasteiger partial charge in [0.05, 0.1) is 13.7 Å². The van der Waals surface area contributed by atoms with E-state index in [1.807, 2.05) is 107 Å². The summed E-state index contributed by atoms with van der Waals surface area (Å²) in [6.45, 7) is 13.1. The van der Waals surface area contributed by atoms with Crippen LogP contribution in [-0.2, 0) is 17.9 Å². The van der Waals surface area contributed by atoms with Crippen molar-refractivity contribution >= 4 is 11.8 Å². The number of hydrogen-bond acceptors (Lipinski definition) is 3. The molecule has 0 spiro atoms. The summed E-state index contributed by atoms with van der Waals surface area (Å²) in [6.07, 6.45) is 2.03. The topological polar surface area (TPSA) is 54.8 Å². The van der Waals surface area contributed by atoms with Crippen molar-refractivity contribution < 1.29 is 14.3 Å². The summed E-state index contributed by atoms with van der Waals surface area (Å²) in [4.78, 5) is 30.6. The summed E-state index contributed by atoms with van der Waals surface area (Å²) < 4.78 is 7.52. The van der Waals surface area contributed by atoms with Crippen molar-refractivity contribution in [1.29, 1.82) is 0 Å².